The Bertz CT molecular complexity index is 2110. The first-order valence-electron chi connectivity index (χ1n) is 15.8. The third kappa shape index (κ3) is 7.99. The molecule has 3 aromatic heterocycles. The molecule has 6 rings (SSSR count). The van der Waals surface area contributed by atoms with Crippen LogP contribution in [-0.4, -0.2) is 43.3 Å². The summed E-state index contributed by atoms with van der Waals surface area (Å²) >= 11 is 0. The molecule has 0 aliphatic carbocycles. The summed E-state index contributed by atoms with van der Waals surface area (Å²) in [7, 11) is 0. The zero-order valence-electron chi connectivity index (χ0n) is 27.7. The van der Waals surface area contributed by atoms with Crippen LogP contribution < -0.4 is 26.0 Å². The van der Waals surface area contributed by atoms with E-state index in [0.29, 0.717) is 23.1 Å². The molecule has 0 fully saturated rings. The number of carbonyl (C=O) groups excluding carboxylic acids is 2. The molecule has 6 aromatic rings. The highest BCUT2D eigenvalue weighted by atomic mass is 16.5. The van der Waals surface area contributed by atoms with E-state index in [9.17, 15) is 9.59 Å². The number of hydrogen-bond donors (Lipinski definition) is 4. The molecule has 3 amide bonds. The van der Waals surface area contributed by atoms with Crippen LogP contribution >= 0.6 is 0 Å². The van der Waals surface area contributed by atoms with E-state index in [1.54, 1.807) is 10.9 Å². The Balaban J connectivity index is 1.13. The number of ether oxygens (including phenoxy) is 1. The van der Waals surface area contributed by atoms with Crippen molar-refractivity contribution in [3.63, 3.8) is 0 Å². The lowest BCUT2D eigenvalue weighted by molar-refractivity contribution is 0.0951. The van der Waals surface area contributed by atoms with E-state index < -0.39 is 6.03 Å². The molecule has 12 nitrogen and oxygen atoms in total. The quantitative estimate of drug-likeness (QED) is 0.117. The number of hydrogen-bond acceptors (Lipinski definition) is 8. The lowest BCUT2D eigenvalue weighted by Crippen LogP contribution is -2.29. The lowest BCUT2D eigenvalue weighted by atomic mass is 9.92. The van der Waals surface area contributed by atoms with E-state index in [1.165, 1.54) is 18.6 Å². The molecule has 0 spiro atoms. The van der Waals surface area contributed by atoms with Crippen molar-refractivity contribution in [2.75, 3.05) is 22.6 Å². The number of rotatable bonds is 10. The van der Waals surface area contributed by atoms with E-state index in [2.05, 4.69) is 57.0 Å². The Hall–Kier alpha value is -6.30. The van der Waals surface area contributed by atoms with E-state index >= 15 is 0 Å². The largest absolute Gasteiger partial charge is 0.488 e. The summed E-state index contributed by atoms with van der Waals surface area (Å²) in [5.74, 6) is 1.47. The topological polar surface area (TPSA) is 148 Å². The van der Waals surface area contributed by atoms with Gasteiger partial charge in [0.15, 0.2) is 0 Å². The maximum absolute atomic E-state index is 13.4. The van der Waals surface area contributed by atoms with Crippen LogP contribution in [-0.2, 0) is 12.0 Å². The maximum atomic E-state index is 13.4. The standard InChI is InChI=1S/C37H37N9O3/c1-24-8-7-9-26(18-24)46-34(20-32(45-46)37(2,3)4)44-36(48)43-29-12-13-31(28-11-6-5-10-27(28)29)49-22-25-14-15-40-33(19-25)41-23-42-35(47)30-21-38-16-17-39-30/h5-21H,22-23H2,1-4H3,(H,40,41)(H,42,47)(H2,43,44,48). The summed E-state index contributed by atoms with van der Waals surface area (Å²) in [6.45, 7) is 8.72. The number of carbonyl (C=O) groups is 2. The van der Waals surface area contributed by atoms with Crippen LogP contribution in [0.1, 0.15) is 48.1 Å². The fourth-order valence-electron chi connectivity index (χ4n) is 5.11. The molecule has 0 atom stereocenters. The molecule has 0 unspecified atom stereocenters. The Morgan fingerprint density at radius 1 is 0.857 bits per heavy atom. The van der Waals surface area contributed by atoms with Gasteiger partial charge in [0.2, 0.25) is 0 Å². The fraction of sp³-hybridized carbons (Fsp3) is 0.189. The van der Waals surface area contributed by atoms with Gasteiger partial charge in [-0.3, -0.25) is 15.1 Å². The zero-order valence-corrected chi connectivity index (χ0v) is 27.7. The molecule has 3 heterocycles. The molecule has 49 heavy (non-hydrogen) atoms. The first-order valence-corrected chi connectivity index (χ1v) is 15.8. The highest BCUT2D eigenvalue weighted by Gasteiger charge is 2.22. The molecule has 0 bridgehead atoms. The van der Waals surface area contributed by atoms with Crippen LogP contribution in [0.25, 0.3) is 16.5 Å². The maximum Gasteiger partial charge on any atom is 0.324 e. The number of benzene rings is 3. The van der Waals surface area contributed by atoms with Crippen molar-refractivity contribution in [2.24, 2.45) is 0 Å². The SMILES string of the molecule is Cc1cccc(-n2nc(C(C)(C)C)cc2NC(=O)Nc2ccc(OCc3ccnc(NCNC(=O)c4cnccn4)c3)c3ccccc23)c1. The number of fused-ring (bicyclic) bond motifs is 1. The molecular formula is C37H37N9O3. The van der Waals surface area contributed by atoms with Crippen LogP contribution in [0.15, 0.2) is 104 Å². The summed E-state index contributed by atoms with van der Waals surface area (Å²) in [4.78, 5) is 37.9. The minimum absolute atomic E-state index is 0.158. The summed E-state index contributed by atoms with van der Waals surface area (Å²) in [5, 5.41) is 18.3. The van der Waals surface area contributed by atoms with Crippen LogP contribution in [0.5, 0.6) is 5.75 Å². The summed E-state index contributed by atoms with van der Waals surface area (Å²) in [6.07, 6.45) is 6.04. The average Bonchev–Trinajstić information content (AvgIpc) is 3.53. The molecular weight excluding hydrogens is 618 g/mol. The van der Waals surface area contributed by atoms with E-state index in [0.717, 1.165) is 33.3 Å². The molecule has 0 saturated carbocycles. The van der Waals surface area contributed by atoms with Gasteiger partial charge in [0, 0.05) is 40.8 Å². The zero-order chi connectivity index (χ0) is 34.4. The number of pyridine rings is 1. The van der Waals surface area contributed by atoms with Crippen molar-refractivity contribution in [3.8, 4) is 11.4 Å². The van der Waals surface area contributed by atoms with Gasteiger partial charge >= 0.3 is 6.03 Å². The number of nitrogens with one attached hydrogen (secondary N) is 4. The normalized spacial score (nSPS) is 11.2. The minimum Gasteiger partial charge on any atom is -0.488 e. The van der Waals surface area contributed by atoms with Crippen molar-refractivity contribution in [1.82, 2.24) is 30.0 Å². The van der Waals surface area contributed by atoms with Crippen LogP contribution in [0, 0.1) is 6.92 Å². The number of aromatic nitrogens is 5. The van der Waals surface area contributed by atoms with Crippen molar-refractivity contribution in [1.29, 1.82) is 0 Å². The molecule has 0 aliphatic heterocycles. The molecule has 4 N–H and O–H groups in total. The van der Waals surface area contributed by atoms with E-state index in [1.807, 2.05) is 85.8 Å². The predicted molar refractivity (Wildman–Crippen MR) is 190 cm³/mol. The van der Waals surface area contributed by atoms with Gasteiger partial charge in [-0.1, -0.05) is 57.2 Å². The Labute approximate surface area is 284 Å². The van der Waals surface area contributed by atoms with Crippen molar-refractivity contribution in [2.45, 2.75) is 39.7 Å². The van der Waals surface area contributed by atoms with E-state index in [-0.39, 0.29) is 30.3 Å². The number of nitrogens with zero attached hydrogens (tertiary/aromatic N) is 5. The third-order valence-electron chi connectivity index (χ3n) is 7.63. The highest BCUT2D eigenvalue weighted by molar-refractivity contribution is 6.07. The van der Waals surface area contributed by atoms with Gasteiger partial charge in [-0.2, -0.15) is 5.10 Å². The molecule has 3 aromatic carbocycles. The van der Waals surface area contributed by atoms with Crippen molar-refractivity contribution >= 4 is 40.0 Å². The molecule has 12 heteroatoms. The van der Waals surface area contributed by atoms with Gasteiger partial charge in [-0.05, 0) is 54.4 Å². The second-order valence-electron chi connectivity index (χ2n) is 12.4. The second kappa shape index (κ2) is 14.2. The molecule has 248 valence electrons. The third-order valence-corrected chi connectivity index (χ3v) is 7.63. The minimum atomic E-state index is -0.391. The van der Waals surface area contributed by atoms with Crippen LogP contribution in [0.3, 0.4) is 0 Å². The Kier molecular flexibility index (Phi) is 9.47. The van der Waals surface area contributed by atoms with Gasteiger partial charge in [0.25, 0.3) is 5.91 Å². The number of aryl methyl sites for hydroxylation is 1. The summed E-state index contributed by atoms with van der Waals surface area (Å²) in [6, 6.07) is 24.6. The first kappa shape index (κ1) is 32.6. The van der Waals surface area contributed by atoms with Crippen molar-refractivity contribution < 1.29 is 14.3 Å². The first-order chi connectivity index (χ1) is 23.6. The average molecular weight is 656 g/mol. The monoisotopic (exact) mass is 655 g/mol. The number of anilines is 3. The summed E-state index contributed by atoms with van der Waals surface area (Å²) < 4.78 is 8.01. The van der Waals surface area contributed by atoms with Gasteiger partial charge in [0.1, 0.15) is 29.7 Å². The summed E-state index contributed by atoms with van der Waals surface area (Å²) in [5.41, 5.74) is 4.35. The number of urea groups is 1. The predicted octanol–water partition coefficient (Wildman–Crippen LogP) is 6.84. The number of amides is 3. The van der Waals surface area contributed by atoms with Gasteiger partial charge in [0.05, 0.1) is 29.9 Å². The molecule has 0 aliphatic rings. The molecule has 0 radical (unpaired) electrons. The lowest BCUT2D eigenvalue weighted by Gasteiger charge is -2.15. The second-order valence-corrected chi connectivity index (χ2v) is 12.4. The highest BCUT2D eigenvalue weighted by Crippen LogP contribution is 2.33. The fourth-order valence-corrected chi connectivity index (χ4v) is 5.11. The van der Waals surface area contributed by atoms with Gasteiger partial charge < -0.3 is 20.7 Å². The Morgan fingerprint density at radius 3 is 2.47 bits per heavy atom. The van der Waals surface area contributed by atoms with Crippen molar-refractivity contribution in [3.05, 3.63) is 126 Å². The van der Waals surface area contributed by atoms with Gasteiger partial charge in [-0.15, -0.1) is 0 Å². The van der Waals surface area contributed by atoms with E-state index in [4.69, 9.17) is 9.84 Å². The molecule has 0 saturated heterocycles. The van der Waals surface area contributed by atoms with Gasteiger partial charge in [-0.25, -0.2) is 19.4 Å². The smallest absolute Gasteiger partial charge is 0.324 e. The van der Waals surface area contributed by atoms with Crippen LogP contribution in [0.2, 0.25) is 0 Å². The Morgan fingerprint density at radius 2 is 1.69 bits per heavy atom. The van der Waals surface area contributed by atoms with Crippen LogP contribution in [0.4, 0.5) is 22.1 Å².